The second-order valence-corrected chi connectivity index (χ2v) is 9.09. The van der Waals surface area contributed by atoms with Gasteiger partial charge in [-0.1, -0.05) is 41.7 Å². The molecule has 5 aromatic rings. The van der Waals surface area contributed by atoms with Crippen molar-refractivity contribution >= 4 is 32.6 Å². The van der Waals surface area contributed by atoms with Gasteiger partial charge in [0.05, 0.1) is 33.7 Å². The molecule has 1 amide bonds. The van der Waals surface area contributed by atoms with Crippen LogP contribution in [0.5, 0.6) is 0 Å². The Balaban J connectivity index is 1.58. The molecule has 2 heterocycles. The number of fused-ring (bicyclic) bond motifs is 1. The lowest BCUT2D eigenvalue weighted by Gasteiger charge is -2.11. The van der Waals surface area contributed by atoms with Crippen LogP contribution >= 0.6 is 11.3 Å². The van der Waals surface area contributed by atoms with E-state index in [0.29, 0.717) is 22.1 Å². The molecule has 5 rings (SSSR count). The molecule has 0 unspecified atom stereocenters. The summed E-state index contributed by atoms with van der Waals surface area (Å²) in [5.41, 5.74) is 10.6. The summed E-state index contributed by atoms with van der Waals surface area (Å²) in [5, 5.41) is 14.0. The molecule has 0 radical (unpaired) electrons. The van der Waals surface area contributed by atoms with E-state index >= 15 is 0 Å². The second-order valence-electron chi connectivity index (χ2n) is 8.02. The minimum Gasteiger partial charge on any atom is -0.375 e. The van der Waals surface area contributed by atoms with E-state index < -0.39 is 17.6 Å². The standard InChI is InChI=1S/C25H18F3N5O2S/c26-25(27,28)18-3-1-2-17(10-18)21-12-20(16-8-9-19-22(11-16)36-24(29)30-19)31-33(21)13-14-4-6-15(7-5-14)23(34)32-35/h1-12,35H,13H2,(H2,29,30)(H,32,34). The van der Waals surface area contributed by atoms with E-state index in [1.165, 1.54) is 29.5 Å². The molecule has 0 aliphatic heterocycles. The molecule has 3 aromatic carbocycles. The number of hydrogen-bond donors (Lipinski definition) is 3. The third-order valence-corrected chi connectivity index (χ3v) is 6.46. The monoisotopic (exact) mass is 509 g/mol. The highest BCUT2D eigenvalue weighted by Gasteiger charge is 2.30. The van der Waals surface area contributed by atoms with E-state index in [-0.39, 0.29) is 12.1 Å². The molecule has 0 saturated carbocycles. The Morgan fingerprint density at radius 1 is 1.03 bits per heavy atom. The number of carbonyl (C=O) groups is 1. The first-order valence-corrected chi connectivity index (χ1v) is 11.5. The van der Waals surface area contributed by atoms with E-state index in [0.717, 1.165) is 33.5 Å². The number of aromatic nitrogens is 3. The molecular weight excluding hydrogens is 491 g/mol. The van der Waals surface area contributed by atoms with Crippen LogP contribution in [-0.2, 0) is 12.7 Å². The summed E-state index contributed by atoms with van der Waals surface area (Å²) >= 11 is 1.34. The number of anilines is 1. The van der Waals surface area contributed by atoms with Gasteiger partial charge in [0.15, 0.2) is 5.13 Å². The van der Waals surface area contributed by atoms with Crippen LogP contribution in [0.25, 0.3) is 32.7 Å². The van der Waals surface area contributed by atoms with E-state index in [1.54, 1.807) is 34.4 Å². The van der Waals surface area contributed by atoms with Gasteiger partial charge in [-0.3, -0.25) is 14.7 Å². The molecular formula is C25H18F3N5O2S. The number of nitrogens with two attached hydrogens (primary N) is 1. The highest BCUT2D eigenvalue weighted by molar-refractivity contribution is 7.22. The van der Waals surface area contributed by atoms with Crippen molar-refractivity contribution in [3.05, 3.63) is 89.5 Å². The molecule has 2 aromatic heterocycles. The number of nitrogens with zero attached hydrogens (tertiary/aromatic N) is 3. The minimum atomic E-state index is -4.48. The Labute approximate surface area is 206 Å². The highest BCUT2D eigenvalue weighted by atomic mass is 32.1. The summed E-state index contributed by atoms with van der Waals surface area (Å²) in [6.07, 6.45) is -4.48. The van der Waals surface area contributed by atoms with Gasteiger partial charge in [-0.25, -0.2) is 10.5 Å². The van der Waals surface area contributed by atoms with Crippen LogP contribution in [0.4, 0.5) is 18.3 Å². The largest absolute Gasteiger partial charge is 0.416 e. The first kappa shape index (κ1) is 23.5. The Morgan fingerprint density at radius 2 is 1.81 bits per heavy atom. The van der Waals surface area contributed by atoms with Crippen molar-refractivity contribution in [3.8, 4) is 22.5 Å². The number of nitrogens with one attached hydrogen (secondary N) is 1. The van der Waals surface area contributed by atoms with Crippen molar-refractivity contribution in [2.45, 2.75) is 12.7 Å². The van der Waals surface area contributed by atoms with Gasteiger partial charge in [0, 0.05) is 16.7 Å². The molecule has 7 nitrogen and oxygen atoms in total. The van der Waals surface area contributed by atoms with Crippen molar-refractivity contribution in [1.82, 2.24) is 20.2 Å². The number of benzene rings is 3. The zero-order valence-electron chi connectivity index (χ0n) is 18.5. The SMILES string of the molecule is Nc1nc2ccc(-c3cc(-c4cccc(C(F)(F)F)c4)n(Cc4ccc(C(=O)NO)cc4)n3)cc2s1. The molecule has 4 N–H and O–H groups in total. The summed E-state index contributed by atoms with van der Waals surface area (Å²) in [6.45, 7) is 0.238. The van der Waals surface area contributed by atoms with Crippen molar-refractivity contribution in [1.29, 1.82) is 0 Å². The maximum atomic E-state index is 13.4. The fourth-order valence-corrected chi connectivity index (χ4v) is 4.64. The maximum absolute atomic E-state index is 13.4. The zero-order chi connectivity index (χ0) is 25.4. The van der Waals surface area contributed by atoms with Gasteiger partial charge in [-0.2, -0.15) is 18.3 Å². The van der Waals surface area contributed by atoms with E-state index in [1.807, 2.05) is 18.2 Å². The molecule has 0 atom stereocenters. The van der Waals surface area contributed by atoms with Crippen LogP contribution in [0.3, 0.4) is 0 Å². The zero-order valence-corrected chi connectivity index (χ0v) is 19.3. The van der Waals surface area contributed by atoms with Gasteiger partial charge < -0.3 is 5.73 Å². The maximum Gasteiger partial charge on any atom is 0.416 e. The fraction of sp³-hybridized carbons (Fsp3) is 0.0800. The van der Waals surface area contributed by atoms with Crippen LogP contribution in [0.1, 0.15) is 21.5 Å². The Bertz CT molecular complexity index is 1580. The van der Waals surface area contributed by atoms with Gasteiger partial charge in [-0.15, -0.1) is 0 Å². The molecule has 182 valence electrons. The van der Waals surface area contributed by atoms with Crippen LogP contribution in [0.15, 0.2) is 72.8 Å². The van der Waals surface area contributed by atoms with Crippen molar-refractivity contribution < 1.29 is 23.2 Å². The van der Waals surface area contributed by atoms with Gasteiger partial charge in [0.1, 0.15) is 0 Å². The number of halogens is 3. The average Bonchev–Trinajstić information content (AvgIpc) is 3.45. The first-order chi connectivity index (χ1) is 17.2. The summed E-state index contributed by atoms with van der Waals surface area (Å²) in [5.74, 6) is -0.647. The molecule has 0 bridgehead atoms. The molecule has 11 heteroatoms. The normalized spacial score (nSPS) is 11.7. The molecule has 0 saturated heterocycles. The Morgan fingerprint density at radius 3 is 2.53 bits per heavy atom. The summed E-state index contributed by atoms with van der Waals surface area (Å²) in [6, 6.07) is 18.9. The number of nitrogen functional groups attached to an aromatic ring is 1. The van der Waals surface area contributed by atoms with E-state index in [4.69, 9.17) is 16.0 Å². The topological polar surface area (TPSA) is 106 Å². The Kier molecular flexibility index (Phi) is 5.94. The second kappa shape index (κ2) is 9.10. The summed E-state index contributed by atoms with van der Waals surface area (Å²) < 4.78 is 42.7. The van der Waals surface area contributed by atoms with Gasteiger partial charge >= 0.3 is 6.18 Å². The number of hydrogen-bond acceptors (Lipinski definition) is 6. The van der Waals surface area contributed by atoms with E-state index in [2.05, 4.69) is 4.98 Å². The van der Waals surface area contributed by atoms with Crippen LogP contribution in [0.2, 0.25) is 0 Å². The summed E-state index contributed by atoms with van der Waals surface area (Å²) in [4.78, 5) is 15.9. The number of thiazole rings is 1. The number of amides is 1. The fourth-order valence-electron chi connectivity index (χ4n) is 3.87. The number of carbonyl (C=O) groups excluding carboxylic acids is 1. The van der Waals surface area contributed by atoms with Crippen molar-refractivity contribution in [2.24, 2.45) is 0 Å². The molecule has 0 aliphatic rings. The lowest BCUT2D eigenvalue weighted by Crippen LogP contribution is -2.18. The van der Waals surface area contributed by atoms with Gasteiger partial charge in [-0.05, 0) is 48.0 Å². The minimum absolute atomic E-state index is 0.238. The van der Waals surface area contributed by atoms with E-state index in [9.17, 15) is 18.0 Å². The molecule has 36 heavy (non-hydrogen) atoms. The van der Waals surface area contributed by atoms with Crippen LogP contribution in [0, 0.1) is 0 Å². The number of alkyl halides is 3. The van der Waals surface area contributed by atoms with Crippen LogP contribution in [-0.4, -0.2) is 25.9 Å². The number of rotatable bonds is 5. The van der Waals surface area contributed by atoms with Crippen LogP contribution < -0.4 is 11.2 Å². The highest BCUT2D eigenvalue weighted by Crippen LogP contribution is 2.35. The average molecular weight is 510 g/mol. The summed E-state index contributed by atoms with van der Waals surface area (Å²) in [7, 11) is 0. The quantitative estimate of drug-likeness (QED) is 0.211. The van der Waals surface area contributed by atoms with Crippen molar-refractivity contribution in [3.63, 3.8) is 0 Å². The van der Waals surface area contributed by atoms with Gasteiger partial charge in [0.2, 0.25) is 0 Å². The molecule has 0 fully saturated rings. The molecule has 0 aliphatic carbocycles. The molecule has 0 spiro atoms. The lowest BCUT2D eigenvalue weighted by molar-refractivity contribution is -0.137. The number of hydroxylamine groups is 1. The predicted molar refractivity (Wildman–Crippen MR) is 130 cm³/mol. The van der Waals surface area contributed by atoms with Crippen molar-refractivity contribution in [2.75, 3.05) is 5.73 Å². The predicted octanol–water partition coefficient (Wildman–Crippen LogP) is 5.60. The first-order valence-electron chi connectivity index (χ1n) is 10.7. The third kappa shape index (κ3) is 4.66. The Hall–Kier alpha value is -4.22. The third-order valence-electron chi connectivity index (χ3n) is 5.62. The lowest BCUT2D eigenvalue weighted by atomic mass is 10.1. The smallest absolute Gasteiger partial charge is 0.375 e. The van der Waals surface area contributed by atoms with Gasteiger partial charge in [0.25, 0.3) is 5.91 Å².